The van der Waals surface area contributed by atoms with Gasteiger partial charge in [-0.2, -0.15) is 0 Å². The number of nitrogens with zero attached hydrogens (tertiary/aromatic N) is 2. The normalized spacial score (nSPS) is 14.9. The third-order valence-electron chi connectivity index (χ3n) is 5.49. The van der Waals surface area contributed by atoms with Crippen LogP contribution in [-0.4, -0.2) is 21.5 Å². The molecule has 1 fully saturated rings. The van der Waals surface area contributed by atoms with Gasteiger partial charge in [0.15, 0.2) is 0 Å². The third-order valence-corrected chi connectivity index (χ3v) is 5.49. The van der Waals surface area contributed by atoms with Crippen LogP contribution in [0.4, 0.5) is 0 Å². The molecule has 0 unspecified atom stereocenters. The van der Waals surface area contributed by atoms with Gasteiger partial charge in [-0.3, -0.25) is 14.2 Å². The van der Waals surface area contributed by atoms with E-state index in [2.05, 4.69) is 10.3 Å². The van der Waals surface area contributed by atoms with Gasteiger partial charge in [-0.25, -0.2) is 4.98 Å². The van der Waals surface area contributed by atoms with Gasteiger partial charge in [0, 0.05) is 17.6 Å². The minimum Gasteiger partial charge on any atom is -0.349 e. The first-order chi connectivity index (χ1) is 13.6. The smallest absolute Gasteiger partial charge is 0.265 e. The van der Waals surface area contributed by atoms with E-state index in [1.165, 1.54) is 12.0 Å². The molecule has 1 saturated carbocycles. The summed E-state index contributed by atoms with van der Waals surface area (Å²) in [6.45, 7) is 2.42. The fourth-order valence-electron chi connectivity index (χ4n) is 3.90. The van der Waals surface area contributed by atoms with Crippen molar-refractivity contribution in [3.63, 3.8) is 0 Å². The van der Waals surface area contributed by atoms with Gasteiger partial charge < -0.3 is 5.32 Å². The molecule has 1 aromatic carbocycles. The number of rotatable bonds is 4. The minimum absolute atomic E-state index is 0.163. The molecule has 0 radical (unpaired) electrons. The zero-order valence-electron chi connectivity index (χ0n) is 16.1. The highest BCUT2D eigenvalue weighted by molar-refractivity contribution is 5.97. The van der Waals surface area contributed by atoms with E-state index in [-0.39, 0.29) is 23.1 Å². The molecule has 1 N–H and O–H groups in total. The molecule has 1 amide bonds. The van der Waals surface area contributed by atoms with Gasteiger partial charge in [-0.15, -0.1) is 0 Å². The fourth-order valence-corrected chi connectivity index (χ4v) is 3.90. The van der Waals surface area contributed by atoms with Crippen molar-refractivity contribution in [3.8, 4) is 0 Å². The van der Waals surface area contributed by atoms with Gasteiger partial charge in [0.05, 0.1) is 6.54 Å². The lowest BCUT2D eigenvalue weighted by Crippen LogP contribution is -2.40. The Bertz CT molecular complexity index is 1050. The first-order valence-corrected chi connectivity index (χ1v) is 9.97. The summed E-state index contributed by atoms with van der Waals surface area (Å²) in [5, 5.41) is 3.86. The molecule has 28 heavy (non-hydrogen) atoms. The van der Waals surface area contributed by atoms with E-state index in [9.17, 15) is 9.59 Å². The highest BCUT2D eigenvalue weighted by atomic mass is 16.2. The Morgan fingerprint density at radius 3 is 2.64 bits per heavy atom. The van der Waals surface area contributed by atoms with E-state index in [0.29, 0.717) is 12.2 Å². The van der Waals surface area contributed by atoms with Crippen LogP contribution < -0.4 is 10.9 Å². The van der Waals surface area contributed by atoms with Crippen LogP contribution in [-0.2, 0) is 6.54 Å². The summed E-state index contributed by atoms with van der Waals surface area (Å²) in [5.41, 5.74) is 2.67. The number of carbonyl (C=O) groups excluding carboxylic acids is 1. The second-order valence-electron chi connectivity index (χ2n) is 7.66. The topological polar surface area (TPSA) is 64.0 Å². The number of pyridine rings is 2. The van der Waals surface area contributed by atoms with Crippen molar-refractivity contribution >= 4 is 16.9 Å². The monoisotopic (exact) mass is 375 g/mol. The predicted octanol–water partition coefficient (Wildman–Crippen LogP) is 3.82. The molecule has 5 heteroatoms. The van der Waals surface area contributed by atoms with Gasteiger partial charge in [0.1, 0.15) is 11.2 Å². The number of hydrogen-bond donors (Lipinski definition) is 1. The summed E-state index contributed by atoms with van der Waals surface area (Å²) in [5.74, 6) is -0.277. The van der Waals surface area contributed by atoms with Crippen LogP contribution in [0.5, 0.6) is 0 Å². The lowest BCUT2D eigenvalue weighted by Gasteiger charge is -2.23. The van der Waals surface area contributed by atoms with Crippen molar-refractivity contribution in [2.75, 3.05) is 0 Å². The van der Waals surface area contributed by atoms with Crippen LogP contribution in [0.1, 0.15) is 53.6 Å². The summed E-state index contributed by atoms with van der Waals surface area (Å²) in [6, 6.07) is 13.6. The van der Waals surface area contributed by atoms with Crippen molar-refractivity contribution in [1.29, 1.82) is 0 Å². The van der Waals surface area contributed by atoms with E-state index in [1.54, 1.807) is 16.8 Å². The average Bonchev–Trinajstić information content (AvgIpc) is 2.72. The molecule has 5 nitrogen and oxygen atoms in total. The molecule has 1 aliphatic rings. The first kappa shape index (κ1) is 18.4. The van der Waals surface area contributed by atoms with Crippen molar-refractivity contribution in [2.45, 2.75) is 51.6 Å². The van der Waals surface area contributed by atoms with E-state index in [0.717, 1.165) is 36.6 Å². The van der Waals surface area contributed by atoms with Crippen LogP contribution in [0.15, 0.2) is 53.5 Å². The molecular weight excluding hydrogens is 350 g/mol. The lowest BCUT2D eigenvalue weighted by molar-refractivity contribution is 0.0926. The number of carbonyl (C=O) groups is 1. The predicted molar refractivity (Wildman–Crippen MR) is 111 cm³/mol. The number of benzene rings is 1. The molecule has 2 heterocycles. The molecule has 0 spiro atoms. The summed E-state index contributed by atoms with van der Waals surface area (Å²) < 4.78 is 1.61. The van der Waals surface area contributed by atoms with Crippen LogP contribution in [0.2, 0.25) is 0 Å². The van der Waals surface area contributed by atoms with Crippen molar-refractivity contribution in [3.05, 3.63) is 75.7 Å². The lowest BCUT2D eigenvalue weighted by atomic mass is 9.95. The molecular formula is C23H25N3O2. The average molecular weight is 375 g/mol. The third kappa shape index (κ3) is 3.84. The molecule has 0 bridgehead atoms. The van der Waals surface area contributed by atoms with E-state index in [1.807, 2.05) is 43.3 Å². The van der Waals surface area contributed by atoms with Gasteiger partial charge >= 0.3 is 0 Å². The van der Waals surface area contributed by atoms with Crippen molar-refractivity contribution in [1.82, 2.24) is 14.9 Å². The van der Waals surface area contributed by atoms with Crippen molar-refractivity contribution in [2.24, 2.45) is 0 Å². The SMILES string of the molecule is Cc1ccc(Cn2c(=O)c(C(=O)NC3CCCCC3)cc3cccnc32)cc1. The largest absolute Gasteiger partial charge is 0.349 e. The Morgan fingerprint density at radius 1 is 1.14 bits per heavy atom. The van der Waals surface area contributed by atoms with Crippen LogP contribution >= 0.6 is 0 Å². The Hall–Kier alpha value is -2.95. The van der Waals surface area contributed by atoms with Gasteiger partial charge in [0.25, 0.3) is 11.5 Å². The highest BCUT2D eigenvalue weighted by Gasteiger charge is 2.21. The Labute approximate surface area is 164 Å². The zero-order chi connectivity index (χ0) is 19.5. The number of fused-ring (bicyclic) bond motifs is 1. The maximum atomic E-state index is 13.2. The van der Waals surface area contributed by atoms with Gasteiger partial charge in [-0.1, -0.05) is 49.1 Å². The van der Waals surface area contributed by atoms with Crippen LogP contribution in [0.25, 0.3) is 11.0 Å². The van der Waals surface area contributed by atoms with E-state index < -0.39 is 0 Å². The summed E-state index contributed by atoms with van der Waals surface area (Å²) >= 11 is 0. The summed E-state index contributed by atoms with van der Waals surface area (Å²) in [7, 11) is 0. The molecule has 0 atom stereocenters. The number of aryl methyl sites for hydroxylation is 1. The first-order valence-electron chi connectivity index (χ1n) is 9.97. The maximum absolute atomic E-state index is 13.2. The number of hydrogen-bond acceptors (Lipinski definition) is 3. The molecule has 3 aromatic rings. The molecule has 0 aliphatic heterocycles. The molecule has 4 rings (SSSR count). The van der Waals surface area contributed by atoms with Gasteiger partial charge in [0.2, 0.25) is 0 Å². The van der Waals surface area contributed by atoms with E-state index >= 15 is 0 Å². The number of amides is 1. The highest BCUT2D eigenvalue weighted by Crippen LogP contribution is 2.18. The van der Waals surface area contributed by atoms with Crippen LogP contribution in [0.3, 0.4) is 0 Å². The molecule has 0 saturated heterocycles. The molecule has 144 valence electrons. The molecule has 2 aromatic heterocycles. The van der Waals surface area contributed by atoms with Crippen LogP contribution in [0, 0.1) is 6.92 Å². The standard InChI is InChI=1S/C23H25N3O2/c1-16-9-11-17(12-10-16)15-26-21-18(6-5-13-24-21)14-20(23(26)28)22(27)25-19-7-3-2-4-8-19/h5-6,9-14,19H,2-4,7-8,15H2,1H3,(H,25,27). The Balaban J connectivity index is 1.73. The Kier molecular flexibility index (Phi) is 5.24. The second-order valence-corrected chi connectivity index (χ2v) is 7.66. The number of aromatic nitrogens is 2. The number of nitrogens with one attached hydrogen (secondary N) is 1. The van der Waals surface area contributed by atoms with Gasteiger partial charge in [-0.05, 0) is 43.5 Å². The second kappa shape index (κ2) is 7.97. The summed E-state index contributed by atoms with van der Waals surface area (Å²) in [4.78, 5) is 30.5. The fraction of sp³-hybridized carbons (Fsp3) is 0.348. The maximum Gasteiger partial charge on any atom is 0.265 e. The summed E-state index contributed by atoms with van der Waals surface area (Å²) in [6.07, 6.45) is 7.12. The zero-order valence-corrected chi connectivity index (χ0v) is 16.1. The Morgan fingerprint density at radius 2 is 1.89 bits per heavy atom. The van der Waals surface area contributed by atoms with Crippen molar-refractivity contribution < 1.29 is 4.79 Å². The van der Waals surface area contributed by atoms with E-state index in [4.69, 9.17) is 0 Å². The quantitative estimate of drug-likeness (QED) is 0.754. The molecule has 1 aliphatic carbocycles. The minimum atomic E-state index is -0.292.